The van der Waals surface area contributed by atoms with Crippen molar-refractivity contribution in [3.8, 4) is 0 Å². The van der Waals surface area contributed by atoms with Gasteiger partial charge in [0.25, 0.3) is 5.91 Å². The molecule has 1 N–H and O–H groups in total. The molecule has 6 nitrogen and oxygen atoms in total. The number of nitrogens with one attached hydrogen (secondary N) is 1. The molecule has 1 aliphatic rings. The van der Waals surface area contributed by atoms with Gasteiger partial charge in [-0.25, -0.2) is 9.97 Å². The van der Waals surface area contributed by atoms with Crippen molar-refractivity contribution in [2.24, 2.45) is 0 Å². The van der Waals surface area contributed by atoms with Crippen LogP contribution in [0, 0.1) is 0 Å². The van der Waals surface area contributed by atoms with Crippen molar-refractivity contribution in [1.29, 1.82) is 0 Å². The maximum Gasteiger partial charge on any atom is 0.253 e. The Hall–Kier alpha value is -2.63. The Morgan fingerprint density at radius 3 is 3.15 bits per heavy atom. The molecule has 0 bridgehead atoms. The molecule has 0 unspecified atom stereocenters. The van der Waals surface area contributed by atoms with Crippen molar-refractivity contribution in [2.75, 3.05) is 6.54 Å². The fourth-order valence-corrected chi connectivity index (χ4v) is 2.70. The maximum atomic E-state index is 12.1. The third-order valence-corrected chi connectivity index (χ3v) is 3.59. The van der Waals surface area contributed by atoms with E-state index in [0.717, 1.165) is 23.4 Å². The van der Waals surface area contributed by atoms with E-state index in [9.17, 15) is 4.79 Å². The van der Waals surface area contributed by atoms with Gasteiger partial charge in [-0.05, 0) is 12.1 Å². The minimum absolute atomic E-state index is 0.0246. The fraction of sp³-hybridized carbons (Fsp3) is 0.214. The van der Waals surface area contributed by atoms with Gasteiger partial charge in [-0.2, -0.15) is 0 Å². The summed E-state index contributed by atoms with van der Waals surface area (Å²) in [5.41, 5.74) is 2.50. The van der Waals surface area contributed by atoms with Gasteiger partial charge in [0.15, 0.2) is 0 Å². The number of imidazole rings is 2. The molecule has 0 spiro atoms. The highest BCUT2D eigenvalue weighted by Crippen LogP contribution is 2.22. The highest BCUT2D eigenvalue weighted by atomic mass is 16.1. The molecule has 20 heavy (non-hydrogen) atoms. The first-order chi connectivity index (χ1) is 9.83. The molecule has 3 aromatic rings. The molecule has 4 rings (SSSR count). The second kappa shape index (κ2) is 4.19. The van der Waals surface area contributed by atoms with Gasteiger partial charge in [-0.1, -0.05) is 6.07 Å². The largest absolute Gasteiger partial charge is 0.350 e. The van der Waals surface area contributed by atoms with Gasteiger partial charge in [0.05, 0.1) is 29.5 Å². The topological polar surface area (TPSA) is 64.7 Å². The Balaban J connectivity index is 1.92. The van der Waals surface area contributed by atoms with Gasteiger partial charge in [-0.3, -0.25) is 4.79 Å². The first-order valence-electron chi connectivity index (χ1n) is 6.55. The quantitative estimate of drug-likeness (QED) is 0.754. The zero-order valence-electron chi connectivity index (χ0n) is 10.8. The lowest BCUT2D eigenvalue weighted by Crippen LogP contribution is -2.24. The molecule has 100 valence electrons. The van der Waals surface area contributed by atoms with Crippen LogP contribution in [0.15, 0.2) is 36.9 Å². The van der Waals surface area contributed by atoms with Crippen molar-refractivity contribution in [3.63, 3.8) is 0 Å². The molecule has 1 aliphatic heterocycles. The Morgan fingerprint density at radius 1 is 1.35 bits per heavy atom. The molecule has 1 amide bonds. The van der Waals surface area contributed by atoms with Crippen LogP contribution in [0.2, 0.25) is 0 Å². The van der Waals surface area contributed by atoms with Crippen LogP contribution in [-0.2, 0) is 13.1 Å². The predicted octanol–water partition coefficient (Wildman–Crippen LogP) is 1.02. The van der Waals surface area contributed by atoms with E-state index in [2.05, 4.69) is 19.9 Å². The van der Waals surface area contributed by atoms with E-state index in [4.69, 9.17) is 0 Å². The predicted molar refractivity (Wildman–Crippen MR) is 73.4 cm³/mol. The van der Waals surface area contributed by atoms with Gasteiger partial charge in [-0.15, -0.1) is 0 Å². The van der Waals surface area contributed by atoms with Crippen molar-refractivity contribution in [3.05, 3.63) is 48.3 Å². The monoisotopic (exact) mass is 267 g/mol. The molecule has 0 saturated heterocycles. The number of rotatable bonds is 2. The summed E-state index contributed by atoms with van der Waals surface area (Å²) < 4.78 is 4.10. The van der Waals surface area contributed by atoms with E-state index in [0.29, 0.717) is 18.7 Å². The summed E-state index contributed by atoms with van der Waals surface area (Å²) in [5, 5.41) is 2.92. The second-order valence-electron chi connectivity index (χ2n) is 4.84. The minimum atomic E-state index is -0.0246. The Kier molecular flexibility index (Phi) is 2.35. The third kappa shape index (κ3) is 1.61. The number of hydrogen-bond donors (Lipinski definition) is 1. The maximum absolute atomic E-state index is 12.1. The highest BCUT2D eigenvalue weighted by Gasteiger charge is 2.20. The van der Waals surface area contributed by atoms with Gasteiger partial charge in [0, 0.05) is 25.5 Å². The normalized spacial score (nSPS) is 14.3. The smallest absolute Gasteiger partial charge is 0.253 e. The summed E-state index contributed by atoms with van der Waals surface area (Å²) in [4.78, 5) is 20.8. The van der Waals surface area contributed by atoms with E-state index >= 15 is 0 Å². The number of carbonyl (C=O) groups excluding carboxylic acids is 1. The summed E-state index contributed by atoms with van der Waals surface area (Å²) >= 11 is 0. The van der Waals surface area contributed by atoms with Gasteiger partial charge >= 0.3 is 0 Å². The minimum Gasteiger partial charge on any atom is -0.350 e. The van der Waals surface area contributed by atoms with Crippen LogP contribution in [0.5, 0.6) is 0 Å². The highest BCUT2D eigenvalue weighted by molar-refractivity contribution is 6.05. The van der Waals surface area contributed by atoms with E-state index in [1.807, 2.05) is 29.0 Å². The van der Waals surface area contributed by atoms with E-state index in [1.165, 1.54) is 0 Å². The van der Waals surface area contributed by atoms with Crippen LogP contribution in [0.4, 0.5) is 0 Å². The number of amides is 1. The van der Waals surface area contributed by atoms with Crippen LogP contribution >= 0.6 is 0 Å². The summed E-state index contributed by atoms with van der Waals surface area (Å²) in [5.74, 6) is 0.922. The zero-order chi connectivity index (χ0) is 13.5. The van der Waals surface area contributed by atoms with E-state index in [-0.39, 0.29) is 5.91 Å². The summed E-state index contributed by atoms with van der Waals surface area (Å²) in [6.45, 7) is 2.02. The molecular formula is C14H13N5O. The molecular weight excluding hydrogens is 254 g/mol. The van der Waals surface area contributed by atoms with Gasteiger partial charge < -0.3 is 14.5 Å². The lowest BCUT2D eigenvalue weighted by atomic mass is 10.2. The number of nitrogens with zero attached hydrogens (tertiary/aromatic N) is 4. The molecule has 0 radical (unpaired) electrons. The van der Waals surface area contributed by atoms with Crippen molar-refractivity contribution < 1.29 is 4.79 Å². The van der Waals surface area contributed by atoms with Crippen molar-refractivity contribution >= 4 is 16.9 Å². The summed E-state index contributed by atoms with van der Waals surface area (Å²) in [7, 11) is 0. The van der Waals surface area contributed by atoms with Crippen LogP contribution in [0.25, 0.3) is 11.0 Å². The number of aromatic nitrogens is 4. The molecule has 3 heterocycles. The van der Waals surface area contributed by atoms with Crippen LogP contribution in [0.1, 0.15) is 16.2 Å². The Bertz CT molecular complexity index is 787. The van der Waals surface area contributed by atoms with Crippen LogP contribution in [0.3, 0.4) is 0 Å². The SMILES string of the molecule is O=C1NCCn2c(Cn3ccnc3)nc3cccc1c32. The van der Waals surface area contributed by atoms with Crippen molar-refractivity contribution in [2.45, 2.75) is 13.1 Å². The Morgan fingerprint density at radius 2 is 2.30 bits per heavy atom. The fourth-order valence-electron chi connectivity index (χ4n) is 2.70. The lowest BCUT2D eigenvalue weighted by Gasteiger charge is -2.07. The Labute approximate surface area is 115 Å². The molecule has 1 aromatic carbocycles. The van der Waals surface area contributed by atoms with Crippen LogP contribution < -0.4 is 5.32 Å². The molecule has 0 atom stereocenters. The first kappa shape index (κ1) is 11.2. The van der Waals surface area contributed by atoms with Gasteiger partial charge in [0.2, 0.25) is 0 Å². The second-order valence-corrected chi connectivity index (χ2v) is 4.84. The van der Waals surface area contributed by atoms with E-state index < -0.39 is 0 Å². The van der Waals surface area contributed by atoms with Gasteiger partial charge in [0.1, 0.15) is 5.82 Å². The van der Waals surface area contributed by atoms with Crippen LogP contribution in [-0.4, -0.2) is 31.6 Å². The number of carbonyl (C=O) groups is 1. The average molecular weight is 267 g/mol. The number of hydrogen-bond acceptors (Lipinski definition) is 3. The standard InChI is InChI=1S/C14H13N5O/c20-14-10-2-1-3-11-13(10)19(7-5-16-14)12(17-11)8-18-6-4-15-9-18/h1-4,6,9H,5,7-8H2,(H,16,20). The average Bonchev–Trinajstić information content (AvgIpc) is 3.03. The number of benzene rings is 1. The summed E-state index contributed by atoms with van der Waals surface area (Å²) in [6.07, 6.45) is 5.43. The zero-order valence-corrected chi connectivity index (χ0v) is 10.8. The third-order valence-electron chi connectivity index (χ3n) is 3.59. The lowest BCUT2D eigenvalue weighted by molar-refractivity contribution is 0.0956. The molecule has 2 aromatic heterocycles. The molecule has 6 heteroatoms. The number of para-hydroxylation sites is 1. The van der Waals surface area contributed by atoms with Crippen molar-refractivity contribution in [1.82, 2.24) is 24.4 Å². The molecule has 0 saturated carbocycles. The molecule has 0 fully saturated rings. The molecule has 0 aliphatic carbocycles. The first-order valence-corrected chi connectivity index (χ1v) is 6.55. The summed E-state index contributed by atoms with van der Waals surface area (Å²) in [6, 6.07) is 5.68. The van der Waals surface area contributed by atoms with E-state index in [1.54, 1.807) is 12.5 Å².